The quantitative estimate of drug-likeness (QED) is 0.855. The number of rotatable bonds is 3. The number of amides is 1. The molecule has 2 atom stereocenters. The Labute approximate surface area is 117 Å². The van der Waals surface area contributed by atoms with Crippen molar-refractivity contribution >= 4 is 17.2 Å². The van der Waals surface area contributed by atoms with Gasteiger partial charge in [0.2, 0.25) is 5.91 Å². The van der Waals surface area contributed by atoms with Gasteiger partial charge in [0.25, 0.3) is 0 Å². The molecule has 3 heterocycles. The smallest absolute Gasteiger partial charge is 0.225 e. The van der Waals surface area contributed by atoms with Gasteiger partial charge in [0.15, 0.2) is 0 Å². The maximum absolute atomic E-state index is 12.5. The highest BCUT2D eigenvalue weighted by Gasteiger charge is 2.31. The average molecular weight is 280 g/mol. The van der Waals surface area contributed by atoms with Crippen molar-refractivity contribution in [1.29, 1.82) is 0 Å². The summed E-state index contributed by atoms with van der Waals surface area (Å²) >= 11 is 1.66. The molecule has 2 fully saturated rings. The number of aromatic nitrogens is 1. The van der Waals surface area contributed by atoms with E-state index < -0.39 is 0 Å². The normalized spacial score (nSPS) is 27.7. The average Bonchev–Trinajstić information content (AvgIpc) is 3.11. The van der Waals surface area contributed by atoms with Crippen LogP contribution >= 0.6 is 11.3 Å². The fourth-order valence-electron chi connectivity index (χ4n) is 3.00. The van der Waals surface area contributed by atoms with Crippen molar-refractivity contribution in [3.63, 3.8) is 0 Å². The van der Waals surface area contributed by atoms with E-state index >= 15 is 0 Å². The lowest BCUT2D eigenvalue weighted by Crippen LogP contribution is -2.39. The Balaban J connectivity index is 1.67. The summed E-state index contributed by atoms with van der Waals surface area (Å²) in [5.74, 6) is 0.242. The second kappa shape index (κ2) is 6.01. The molecule has 3 rings (SSSR count). The first kappa shape index (κ1) is 13.1. The number of likely N-dealkylation sites (tertiary alicyclic amines) is 1. The van der Waals surface area contributed by atoms with E-state index in [1.54, 1.807) is 11.3 Å². The summed E-state index contributed by atoms with van der Waals surface area (Å²) in [4.78, 5) is 18.9. The lowest BCUT2D eigenvalue weighted by molar-refractivity contribution is -0.137. The van der Waals surface area contributed by atoms with E-state index in [9.17, 15) is 4.79 Å². The largest absolute Gasteiger partial charge is 0.378 e. The predicted octanol–water partition coefficient (Wildman–Crippen LogP) is 2.77. The molecule has 1 aromatic rings. The van der Waals surface area contributed by atoms with E-state index in [-0.39, 0.29) is 18.1 Å². The van der Waals surface area contributed by atoms with Crippen LogP contribution in [0.5, 0.6) is 0 Å². The topological polar surface area (TPSA) is 42.4 Å². The Bertz CT molecular complexity index is 415. The number of hydrogen-bond acceptors (Lipinski definition) is 4. The van der Waals surface area contributed by atoms with Crippen LogP contribution in [0.3, 0.4) is 0 Å². The molecule has 2 aliphatic heterocycles. The molecule has 0 aliphatic carbocycles. The van der Waals surface area contributed by atoms with Gasteiger partial charge < -0.3 is 9.64 Å². The first-order valence-electron chi connectivity index (χ1n) is 7.15. The Morgan fingerprint density at radius 1 is 1.42 bits per heavy atom. The van der Waals surface area contributed by atoms with Crippen molar-refractivity contribution in [2.45, 2.75) is 50.7 Å². The molecule has 104 valence electrons. The summed E-state index contributed by atoms with van der Waals surface area (Å²) in [6.07, 6.45) is 7.98. The van der Waals surface area contributed by atoms with E-state index in [1.165, 1.54) is 6.42 Å². The molecule has 1 aromatic heterocycles. The highest BCUT2D eigenvalue weighted by Crippen LogP contribution is 2.33. The van der Waals surface area contributed by atoms with Crippen LogP contribution in [0.1, 0.15) is 49.6 Å². The van der Waals surface area contributed by atoms with Crippen molar-refractivity contribution in [1.82, 2.24) is 9.88 Å². The zero-order valence-corrected chi connectivity index (χ0v) is 11.9. The fourth-order valence-corrected chi connectivity index (χ4v) is 3.79. The Morgan fingerprint density at radius 2 is 2.37 bits per heavy atom. The van der Waals surface area contributed by atoms with Crippen LogP contribution in [0.25, 0.3) is 0 Å². The molecule has 2 saturated heterocycles. The molecule has 0 saturated carbocycles. The van der Waals surface area contributed by atoms with Gasteiger partial charge in [-0.3, -0.25) is 4.79 Å². The first-order valence-corrected chi connectivity index (χ1v) is 8.03. The molecular weight excluding hydrogens is 260 g/mol. The first-order chi connectivity index (χ1) is 9.34. The Hall–Kier alpha value is -0.940. The molecule has 0 radical (unpaired) electrons. The summed E-state index contributed by atoms with van der Waals surface area (Å²) in [7, 11) is 0. The van der Waals surface area contributed by atoms with Gasteiger partial charge in [0, 0.05) is 24.7 Å². The zero-order chi connectivity index (χ0) is 13.1. The Kier molecular flexibility index (Phi) is 4.13. The van der Waals surface area contributed by atoms with Crippen LogP contribution in [0.15, 0.2) is 11.6 Å². The number of thiazole rings is 1. The number of piperidine rings is 1. The molecule has 0 spiro atoms. The SMILES string of the molecule is O=C(C[C@H]1CCCO1)N1CCCC[C@H]1c1nccs1. The van der Waals surface area contributed by atoms with Crippen molar-refractivity contribution in [3.05, 3.63) is 16.6 Å². The summed E-state index contributed by atoms with van der Waals surface area (Å²) in [5, 5.41) is 3.08. The summed E-state index contributed by atoms with van der Waals surface area (Å²) < 4.78 is 5.58. The van der Waals surface area contributed by atoms with E-state index in [4.69, 9.17) is 4.74 Å². The minimum atomic E-state index is 0.145. The molecule has 1 amide bonds. The highest BCUT2D eigenvalue weighted by molar-refractivity contribution is 7.09. The third-order valence-electron chi connectivity index (χ3n) is 3.99. The van der Waals surface area contributed by atoms with E-state index in [0.29, 0.717) is 6.42 Å². The molecule has 2 aliphatic rings. The minimum absolute atomic E-state index is 0.145. The minimum Gasteiger partial charge on any atom is -0.378 e. The standard InChI is InChI=1S/C14H20N2O2S/c17-13(10-11-4-3-8-18-11)16-7-2-1-5-12(16)14-15-6-9-19-14/h6,9,11-12H,1-5,7-8,10H2/t11-,12+/m1/s1. The van der Waals surface area contributed by atoms with Crippen molar-refractivity contribution < 1.29 is 9.53 Å². The second-order valence-electron chi connectivity index (χ2n) is 5.31. The highest BCUT2D eigenvalue weighted by atomic mass is 32.1. The molecule has 0 unspecified atom stereocenters. The van der Waals surface area contributed by atoms with Crippen molar-refractivity contribution in [2.75, 3.05) is 13.2 Å². The molecule has 5 heteroatoms. The summed E-state index contributed by atoms with van der Waals surface area (Å²) in [5.41, 5.74) is 0. The van der Waals surface area contributed by atoms with Gasteiger partial charge in [-0.1, -0.05) is 0 Å². The maximum Gasteiger partial charge on any atom is 0.225 e. The monoisotopic (exact) mass is 280 g/mol. The van der Waals surface area contributed by atoms with Gasteiger partial charge >= 0.3 is 0 Å². The van der Waals surface area contributed by atoms with Crippen molar-refractivity contribution in [2.24, 2.45) is 0 Å². The number of ether oxygens (including phenoxy) is 1. The molecule has 0 aromatic carbocycles. The predicted molar refractivity (Wildman–Crippen MR) is 74.0 cm³/mol. The lowest BCUT2D eigenvalue weighted by atomic mass is 10.0. The summed E-state index contributed by atoms with van der Waals surface area (Å²) in [6.45, 7) is 1.68. The van der Waals surface area contributed by atoms with Gasteiger partial charge in [-0.25, -0.2) is 4.98 Å². The van der Waals surface area contributed by atoms with Crippen molar-refractivity contribution in [3.8, 4) is 0 Å². The number of hydrogen-bond donors (Lipinski definition) is 0. The van der Waals surface area contributed by atoms with Gasteiger partial charge in [-0.05, 0) is 32.1 Å². The van der Waals surface area contributed by atoms with Crippen LogP contribution in [0, 0.1) is 0 Å². The summed E-state index contributed by atoms with van der Waals surface area (Å²) in [6, 6.07) is 0.197. The third-order valence-corrected chi connectivity index (χ3v) is 4.86. The van der Waals surface area contributed by atoms with Gasteiger partial charge in [-0.2, -0.15) is 0 Å². The second-order valence-corrected chi connectivity index (χ2v) is 6.23. The van der Waals surface area contributed by atoms with Gasteiger partial charge in [-0.15, -0.1) is 11.3 Å². The molecule has 19 heavy (non-hydrogen) atoms. The van der Waals surface area contributed by atoms with Crippen LogP contribution in [-0.4, -0.2) is 35.0 Å². The number of carbonyl (C=O) groups excluding carboxylic acids is 1. The van der Waals surface area contributed by atoms with E-state index in [0.717, 1.165) is 43.8 Å². The molecular formula is C14H20N2O2S. The maximum atomic E-state index is 12.5. The van der Waals surface area contributed by atoms with Gasteiger partial charge in [0.1, 0.15) is 5.01 Å². The zero-order valence-electron chi connectivity index (χ0n) is 11.1. The number of nitrogens with zero attached hydrogens (tertiary/aromatic N) is 2. The van der Waals surface area contributed by atoms with Gasteiger partial charge in [0.05, 0.1) is 18.6 Å². The van der Waals surface area contributed by atoms with E-state index in [2.05, 4.69) is 4.98 Å². The molecule has 0 bridgehead atoms. The lowest BCUT2D eigenvalue weighted by Gasteiger charge is -2.35. The third kappa shape index (κ3) is 2.98. The fraction of sp³-hybridized carbons (Fsp3) is 0.714. The number of carbonyl (C=O) groups is 1. The van der Waals surface area contributed by atoms with Crippen LogP contribution < -0.4 is 0 Å². The van der Waals surface area contributed by atoms with E-state index in [1.807, 2.05) is 16.5 Å². The van der Waals surface area contributed by atoms with Crippen LogP contribution in [-0.2, 0) is 9.53 Å². The van der Waals surface area contributed by atoms with Crippen LogP contribution in [0.2, 0.25) is 0 Å². The Morgan fingerprint density at radius 3 is 3.11 bits per heavy atom. The molecule has 4 nitrogen and oxygen atoms in total. The van der Waals surface area contributed by atoms with Crippen LogP contribution in [0.4, 0.5) is 0 Å². The molecule has 0 N–H and O–H groups in total.